The molecule has 4 aromatic rings. The first-order chi connectivity index (χ1) is 19.7. The molecule has 1 amide bonds. The zero-order valence-electron chi connectivity index (χ0n) is 22.1. The van der Waals surface area contributed by atoms with Crippen LogP contribution in [0.5, 0.6) is 0 Å². The zero-order valence-corrected chi connectivity index (χ0v) is 22.9. The summed E-state index contributed by atoms with van der Waals surface area (Å²) in [4.78, 5) is 23.3. The number of piperidine rings is 1. The van der Waals surface area contributed by atoms with Crippen LogP contribution in [0.4, 0.5) is 14.6 Å². The van der Waals surface area contributed by atoms with Crippen LogP contribution in [-0.4, -0.2) is 57.1 Å². The lowest BCUT2D eigenvalue weighted by Crippen LogP contribution is -2.55. The Morgan fingerprint density at radius 3 is 2.66 bits per heavy atom. The van der Waals surface area contributed by atoms with Crippen molar-refractivity contribution < 1.29 is 26.5 Å². The molecule has 1 aromatic carbocycles. The average Bonchev–Trinajstić information content (AvgIpc) is 3.53. The van der Waals surface area contributed by atoms with E-state index in [1.165, 1.54) is 21.9 Å². The number of nitrogens with one attached hydrogen (secondary N) is 1. The number of sulfonamides is 1. The van der Waals surface area contributed by atoms with Gasteiger partial charge in [0.2, 0.25) is 10.0 Å². The summed E-state index contributed by atoms with van der Waals surface area (Å²) in [5, 5.41) is 7.98. The fourth-order valence-corrected chi connectivity index (χ4v) is 6.48. The second-order valence-electron chi connectivity index (χ2n) is 10.4. The fourth-order valence-electron chi connectivity index (χ4n) is 5.16. The molecular weight excluding hydrogens is 556 g/mol. The Bertz CT molecular complexity index is 1690. The number of hydrogen-bond donors (Lipinski definition) is 1. The van der Waals surface area contributed by atoms with Crippen LogP contribution in [0, 0.1) is 17.6 Å². The minimum atomic E-state index is -3.78. The monoisotopic (exact) mass is 583 g/mol. The number of anilines is 1. The number of carbonyl (C=O) groups excluding carboxylic acids is 1. The molecule has 2 aliphatic rings. The highest BCUT2D eigenvalue weighted by molar-refractivity contribution is 7.90. The first-order valence-corrected chi connectivity index (χ1v) is 14.8. The highest BCUT2D eigenvalue weighted by Gasteiger charge is 2.42. The second kappa shape index (κ2) is 10.7. The molecule has 11 nitrogen and oxygen atoms in total. The summed E-state index contributed by atoms with van der Waals surface area (Å²) in [5.41, 5.74) is 1.61. The standard InChI is InChI=1S/C27H27F2N7O4S/c1-16-5-4-11-35(24(16)27(37)34-41(38,39)18-8-9-18)26-20(29)14-30-25(31-26)22-13-23(21-10-12-40-33-21)36(32-22)15-17-6-2-3-7-19(17)28/h2-3,6-7,10,12-14,16,18,24H,4-5,8-9,11,15H2,1H3,(H,34,37)/t16-,24+/m0/s1. The van der Waals surface area contributed by atoms with Gasteiger partial charge in [0.15, 0.2) is 17.5 Å². The van der Waals surface area contributed by atoms with Gasteiger partial charge < -0.3 is 9.42 Å². The fraction of sp³-hybridized carbons (Fsp3) is 0.370. The molecule has 1 saturated carbocycles. The van der Waals surface area contributed by atoms with Crippen LogP contribution in [-0.2, 0) is 21.4 Å². The topological polar surface area (TPSA) is 136 Å². The Labute approximate surface area is 234 Å². The summed E-state index contributed by atoms with van der Waals surface area (Å²) in [7, 11) is -3.78. The van der Waals surface area contributed by atoms with Gasteiger partial charge in [0.05, 0.1) is 23.7 Å². The predicted molar refractivity (Wildman–Crippen MR) is 144 cm³/mol. The van der Waals surface area contributed by atoms with E-state index in [0.29, 0.717) is 49.2 Å². The van der Waals surface area contributed by atoms with E-state index in [2.05, 4.69) is 24.9 Å². The van der Waals surface area contributed by atoms with Crippen LogP contribution in [0.2, 0.25) is 0 Å². The van der Waals surface area contributed by atoms with Crippen LogP contribution >= 0.6 is 0 Å². The summed E-state index contributed by atoms with van der Waals surface area (Å²) in [5.74, 6) is -2.17. The normalized spacial score (nSPS) is 19.3. The van der Waals surface area contributed by atoms with E-state index >= 15 is 4.39 Å². The maximum absolute atomic E-state index is 15.2. The summed E-state index contributed by atoms with van der Waals surface area (Å²) >= 11 is 0. The average molecular weight is 584 g/mol. The molecule has 0 unspecified atom stereocenters. The molecular formula is C27H27F2N7O4S. The number of hydrogen-bond acceptors (Lipinski definition) is 9. The molecule has 2 atom stereocenters. The van der Waals surface area contributed by atoms with Gasteiger partial charge in [0, 0.05) is 18.2 Å². The third-order valence-corrected chi connectivity index (χ3v) is 9.23. The highest BCUT2D eigenvalue weighted by Crippen LogP contribution is 2.33. The van der Waals surface area contributed by atoms with Gasteiger partial charge >= 0.3 is 0 Å². The smallest absolute Gasteiger partial charge is 0.256 e. The lowest BCUT2D eigenvalue weighted by atomic mass is 9.90. The van der Waals surface area contributed by atoms with Crippen molar-refractivity contribution in [2.45, 2.75) is 50.4 Å². The quantitative estimate of drug-likeness (QED) is 0.330. The number of nitrogens with zero attached hydrogens (tertiary/aromatic N) is 6. The molecule has 3 aromatic heterocycles. The van der Waals surface area contributed by atoms with E-state index in [1.807, 2.05) is 6.92 Å². The van der Waals surface area contributed by atoms with Crippen molar-refractivity contribution in [2.24, 2.45) is 5.92 Å². The minimum Gasteiger partial charge on any atom is -0.364 e. The first kappa shape index (κ1) is 27.0. The second-order valence-corrected chi connectivity index (χ2v) is 12.3. The van der Waals surface area contributed by atoms with Gasteiger partial charge in [-0.1, -0.05) is 30.3 Å². The van der Waals surface area contributed by atoms with Gasteiger partial charge in [-0.2, -0.15) is 5.10 Å². The van der Waals surface area contributed by atoms with Crippen LogP contribution < -0.4 is 9.62 Å². The Kier molecular flexibility index (Phi) is 7.01. The van der Waals surface area contributed by atoms with Crippen molar-refractivity contribution in [3.63, 3.8) is 0 Å². The first-order valence-electron chi connectivity index (χ1n) is 13.3. The summed E-state index contributed by atoms with van der Waals surface area (Å²) in [6.07, 6.45) is 4.74. The van der Waals surface area contributed by atoms with Gasteiger partial charge in [-0.15, -0.1) is 0 Å². The van der Waals surface area contributed by atoms with Crippen LogP contribution in [0.3, 0.4) is 0 Å². The number of benzene rings is 1. The van der Waals surface area contributed by atoms with E-state index in [1.54, 1.807) is 30.3 Å². The van der Waals surface area contributed by atoms with Crippen molar-refractivity contribution in [3.05, 3.63) is 66.1 Å². The largest absolute Gasteiger partial charge is 0.364 e. The summed E-state index contributed by atoms with van der Waals surface area (Å²) in [6, 6.07) is 8.63. The molecule has 0 radical (unpaired) electrons. The van der Waals surface area contributed by atoms with Crippen LogP contribution in [0.25, 0.3) is 22.9 Å². The van der Waals surface area contributed by atoms with Gasteiger partial charge in [0.25, 0.3) is 5.91 Å². The SMILES string of the molecule is C[C@H]1CCCN(c2nc(-c3cc(-c4ccon4)n(Cc4ccccc4F)n3)ncc2F)[C@H]1C(=O)NS(=O)(=O)C1CC1. The van der Waals surface area contributed by atoms with E-state index in [-0.39, 0.29) is 29.8 Å². The van der Waals surface area contributed by atoms with Crippen molar-refractivity contribution in [1.29, 1.82) is 0 Å². The Morgan fingerprint density at radius 2 is 1.93 bits per heavy atom. The number of aromatic nitrogens is 5. The van der Waals surface area contributed by atoms with Crippen molar-refractivity contribution in [3.8, 4) is 22.9 Å². The summed E-state index contributed by atoms with van der Waals surface area (Å²) < 4.78 is 63.4. The van der Waals surface area contributed by atoms with Crippen molar-refractivity contribution in [1.82, 2.24) is 29.6 Å². The highest BCUT2D eigenvalue weighted by atomic mass is 32.2. The van der Waals surface area contributed by atoms with Gasteiger partial charge in [-0.25, -0.2) is 27.2 Å². The number of amides is 1. The Balaban J connectivity index is 1.36. The van der Waals surface area contributed by atoms with E-state index < -0.39 is 38.9 Å². The number of carbonyl (C=O) groups is 1. The third-order valence-electron chi connectivity index (χ3n) is 7.39. The molecule has 6 rings (SSSR count). The van der Waals surface area contributed by atoms with E-state index in [4.69, 9.17) is 4.52 Å². The Morgan fingerprint density at radius 1 is 1.12 bits per heavy atom. The minimum absolute atomic E-state index is 0.0708. The molecule has 0 spiro atoms. The molecule has 41 heavy (non-hydrogen) atoms. The lowest BCUT2D eigenvalue weighted by Gasteiger charge is -2.39. The number of halogens is 2. The zero-order chi connectivity index (χ0) is 28.7. The molecule has 1 aliphatic carbocycles. The molecule has 1 N–H and O–H groups in total. The maximum atomic E-state index is 15.2. The van der Waals surface area contributed by atoms with Crippen molar-refractivity contribution >= 4 is 21.7 Å². The molecule has 1 saturated heterocycles. The molecule has 0 bridgehead atoms. The van der Waals surface area contributed by atoms with Crippen LogP contribution in [0.15, 0.2) is 53.4 Å². The van der Waals surface area contributed by atoms with Gasteiger partial charge in [-0.05, 0) is 43.7 Å². The third kappa shape index (κ3) is 5.43. The maximum Gasteiger partial charge on any atom is 0.256 e. The predicted octanol–water partition coefficient (Wildman–Crippen LogP) is 3.53. The van der Waals surface area contributed by atoms with Gasteiger partial charge in [-0.3, -0.25) is 14.2 Å². The molecule has 214 valence electrons. The summed E-state index contributed by atoms with van der Waals surface area (Å²) in [6.45, 7) is 2.20. The molecule has 14 heteroatoms. The molecule has 1 aliphatic heterocycles. The van der Waals surface area contributed by atoms with Crippen molar-refractivity contribution in [2.75, 3.05) is 11.4 Å². The van der Waals surface area contributed by atoms with Gasteiger partial charge in [0.1, 0.15) is 29.5 Å². The Hall–Kier alpha value is -4.20. The number of rotatable bonds is 8. The molecule has 4 heterocycles. The van der Waals surface area contributed by atoms with Crippen LogP contribution in [0.1, 0.15) is 38.2 Å². The van der Waals surface area contributed by atoms with E-state index in [0.717, 1.165) is 6.20 Å². The lowest BCUT2D eigenvalue weighted by molar-refractivity contribution is -0.122. The molecule has 2 fully saturated rings. The van der Waals surface area contributed by atoms with E-state index in [9.17, 15) is 17.6 Å².